The van der Waals surface area contributed by atoms with Crippen molar-refractivity contribution < 1.29 is 4.79 Å². The third kappa shape index (κ3) is 2.87. The van der Waals surface area contributed by atoms with E-state index < -0.39 is 0 Å². The molecule has 0 saturated heterocycles. The zero-order valence-corrected chi connectivity index (χ0v) is 13.9. The van der Waals surface area contributed by atoms with Crippen LogP contribution >= 0.6 is 11.8 Å². The molecule has 0 N–H and O–H groups in total. The minimum atomic E-state index is 0.0818. The Kier molecular flexibility index (Phi) is 4.19. The molecular weight excluding hydrogens is 300 g/mol. The van der Waals surface area contributed by atoms with E-state index in [1.54, 1.807) is 23.0 Å². The van der Waals surface area contributed by atoms with Crippen molar-refractivity contribution in [1.29, 1.82) is 0 Å². The second kappa shape index (κ2) is 6.12. The van der Waals surface area contributed by atoms with E-state index in [9.17, 15) is 4.79 Å². The van der Waals surface area contributed by atoms with Crippen LogP contribution in [0.15, 0.2) is 22.4 Å². The minimum absolute atomic E-state index is 0.0818. The zero-order chi connectivity index (χ0) is 15.7. The highest BCUT2D eigenvalue weighted by molar-refractivity contribution is 8.16. The Morgan fingerprint density at radius 2 is 2.32 bits per heavy atom. The zero-order valence-electron chi connectivity index (χ0n) is 13.1. The number of carbonyl (C=O) groups excluding carboxylic acids is 1. The number of nitrogens with zero attached hydrogens (tertiary/aromatic N) is 6. The molecule has 0 radical (unpaired) electrons. The highest BCUT2D eigenvalue weighted by atomic mass is 32.2. The molecule has 3 heterocycles. The van der Waals surface area contributed by atoms with Crippen LogP contribution < -0.4 is 0 Å². The minimum Gasteiger partial charge on any atom is -0.338 e. The van der Waals surface area contributed by atoms with E-state index in [1.165, 1.54) is 0 Å². The van der Waals surface area contributed by atoms with Crippen LogP contribution in [0.5, 0.6) is 0 Å². The molecule has 0 aromatic carbocycles. The second-order valence-corrected chi connectivity index (χ2v) is 6.55. The standard InChI is InChI=1S/C14H20N6OS/c1-10(2)20-9-16-17-12(20)7-18(3)13(21)6-11-8-22-14-15-4-5-19(11)14/h8-10H,4-7H2,1-3H3. The molecule has 1 aromatic heterocycles. The summed E-state index contributed by atoms with van der Waals surface area (Å²) in [6, 6.07) is 0.283. The number of hydrogen-bond donors (Lipinski definition) is 0. The third-order valence-corrected chi connectivity index (χ3v) is 4.74. The van der Waals surface area contributed by atoms with Gasteiger partial charge in [0.1, 0.15) is 6.33 Å². The normalized spacial score (nSPS) is 16.8. The number of rotatable bonds is 5. The maximum Gasteiger partial charge on any atom is 0.228 e. The van der Waals surface area contributed by atoms with Crippen LogP contribution in [0, 0.1) is 0 Å². The van der Waals surface area contributed by atoms with Crippen molar-refractivity contribution in [2.24, 2.45) is 4.99 Å². The Morgan fingerprint density at radius 3 is 3.09 bits per heavy atom. The first kappa shape index (κ1) is 15.1. The molecule has 3 rings (SSSR count). The van der Waals surface area contributed by atoms with Gasteiger partial charge in [-0.05, 0) is 19.3 Å². The van der Waals surface area contributed by atoms with Gasteiger partial charge in [-0.3, -0.25) is 9.79 Å². The second-order valence-electron chi connectivity index (χ2n) is 5.72. The van der Waals surface area contributed by atoms with Gasteiger partial charge in [-0.2, -0.15) is 0 Å². The van der Waals surface area contributed by atoms with Gasteiger partial charge in [0.05, 0.1) is 19.5 Å². The van der Waals surface area contributed by atoms with Crippen molar-refractivity contribution >= 4 is 22.8 Å². The highest BCUT2D eigenvalue weighted by Gasteiger charge is 2.28. The molecule has 0 saturated carbocycles. The van der Waals surface area contributed by atoms with E-state index in [4.69, 9.17) is 0 Å². The average molecular weight is 320 g/mol. The van der Waals surface area contributed by atoms with E-state index in [0.29, 0.717) is 13.0 Å². The number of thioether (sulfide) groups is 1. The summed E-state index contributed by atoms with van der Waals surface area (Å²) >= 11 is 1.60. The summed E-state index contributed by atoms with van der Waals surface area (Å²) in [6.07, 6.45) is 2.11. The monoisotopic (exact) mass is 320 g/mol. The first-order valence-corrected chi connectivity index (χ1v) is 8.24. The van der Waals surface area contributed by atoms with Crippen LogP contribution in [-0.4, -0.2) is 55.8 Å². The lowest BCUT2D eigenvalue weighted by atomic mass is 10.2. The van der Waals surface area contributed by atoms with Gasteiger partial charge in [0.2, 0.25) is 5.91 Å². The first-order valence-electron chi connectivity index (χ1n) is 7.36. The molecule has 0 spiro atoms. The number of amidine groups is 1. The van der Waals surface area contributed by atoms with Crippen LogP contribution in [0.4, 0.5) is 0 Å². The molecule has 0 bridgehead atoms. The Balaban J connectivity index is 1.60. The van der Waals surface area contributed by atoms with Gasteiger partial charge >= 0.3 is 0 Å². The van der Waals surface area contributed by atoms with Crippen molar-refractivity contribution in [3.05, 3.63) is 23.3 Å². The van der Waals surface area contributed by atoms with Crippen LogP contribution in [-0.2, 0) is 11.3 Å². The molecule has 0 aliphatic carbocycles. The maximum absolute atomic E-state index is 12.4. The molecule has 2 aliphatic heterocycles. The molecule has 0 unspecified atom stereocenters. The number of carbonyl (C=O) groups is 1. The smallest absolute Gasteiger partial charge is 0.228 e. The number of amides is 1. The highest BCUT2D eigenvalue weighted by Crippen LogP contribution is 2.31. The average Bonchev–Trinajstić information content (AvgIpc) is 3.16. The Hall–Kier alpha value is -1.83. The molecule has 1 aromatic rings. The molecule has 0 atom stereocenters. The summed E-state index contributed by atoms with van der Waals surface area (Å²) in [4.78, 5) is 20.7. The van der Waals surface area contributed by atoms with Crippen molar-refractivity contribution in [3.8, 4) is 0 Å². The summed E-state index contributed by atoms with van der Waals surface area (Å²) in [5, 5.41) is 11.1. The van der Waals surface area contributed by atoms with E-state index in [2.05, 4.69) is 33.9 Å². The fourth-order valence-corrected chi connectivity index (χ4v) is 3.47. The molecule has 1 amide bonds. The van der Waals surface area contributed by atoms with Crippen molar-refractivity contribution in [2.75, 3.05) is 20.1 Å². The van der Waals surface area contributed by atoms with Gasteiger partial charge in [0.25, 0.3) is 0 Å². The lowest BCUT2D eigenvalue weighted by Gasteiger charge is -2.21. The molecule has 118 valence electrons. The Labute approximate surface area is 134 Å². The summed E-state index contributed by atoms with van der Waals surface area (Å²) in [7, 11) is 1.81. The van der Waals surface area contributed by atoms with E-state index in [-0.39, 0.29) is 11.9 Å². The Bertz CT molecular complexity index is 635. The van der Waals surface area contributed by atoms with E-state index >= 15 is 0 Å². The SMILES string of the molecule is CC(C)n1cnnc1CN(C)C(=O)CC1=CSC2=NCCN12. The summed E-state index contributed by atoms with van der Waals surface area (Å²) in [5.41, 5.74) is 1.04. The van der Waals surface area contributed by atoms with Gasteiger partial charge in [-0.25, -0.2) is 0 Å². The van der Waals surface area contributed by atoms with Gasteiger partial charge in [0.15, 0.2) is 11.0 Å². The fraction of sp³-hybridized carbons (Fsp3) is 0.571. The molecule has 22 heavy (non-hydrogen) atoms. The predicted molar refractivity (Wildman–Crippen MR) is 86.2 cm³/mol. The van der Waals surface area contributed by atoms with Crippen LogP contribution in [0.1, 0.15) is 32.1 Å². The van der Waals surface area contributed by atoms with Crippen molar-refractivity contribution in [1.82, 2.24) is 24.6 Å². The van der Waals surface area contributed by atoms with Gasteiger partial charge in [-0.1, -0.05) is 11.8 Å². The topological polar surface area (TPSA) is 66.6 Å². The van der Waals surface area contributed by atoms with Gasteiger partial charge < -0.3 is 14.4 Å². The summed E-state index contributed by atoms with van der Waals surface area (Å²) < 4.78 is 1.99. The third-order valence-electron chi connectivity index (χ3n) is 3.79. The molecule has 8 heteroatoms. The van der Waals surface area contributed by atoms with Gasteiger partial charge in [0, 0.05) is 25.3 Å². The number of hydrogen-bond acceptors (Lipinski definition) is 6. The Morgan fingerprint density at radius 1 is 1.50 bits per heavy atom. The van der Waals surface area contributed by atoms with E-state index in [1.807, 2.05) is 17.0 Å². The first-order chi connectivity index (χ1) is 10.6. The largest absolute Gasteiger partial charge is 0.338 e. The number of aromatic nitrogens is 3. The van der Waals surface area contributed by atoms with Crippen molar-refractivity contribution in [2.45, 2.75) is 32.9 Å². The molecule has 7 nitrogen and oxygen atoms in total. The van der Waals surface area contributed by atoms with E-state index in [0.717, 1.165) is 29.8 Å². The summed E-state index contributed by atoms with van der Waals surface area (Å²) in [6.45, 7) is 6.32. The maximum atomic E-state index is 12.4. The van der Waals surface area contributed by atoms with Crippen LogP contribution in [0.3, 0.4) is 0 Å². The summed E-state index contributed by atoms with van der Waals surface area (Å²) in [5.74, 6) is 0.891. The number of aliphatic imine (C=N–C) groups is 1. The van der Waals surface area contributed by atoms with Crippen LogP contribution in [0.2, 0.25) is 0 Å². The lowest BCUT2D eigenvalue weighted by molar-refractivity contribution is -0.130. The van der Waals surface area contributed by atoms with Crippen molar-refractivity contribution in [3.63, 3.8) is 0 Å². The molecule has 0 fully saturated rings. The predicted octanol–water partition coefficient (Wildman–Crippen LogP) is 1.47. The van der Waals surface area contributed by atoms with Crippen LogP contribution in [0.25, 0.3) is 0 Å². The lowest BCUT2D eigenvalue weighted by Crippen LogP contribution is -2.31. The van der Waals surface area contributed by atoms with Gasteiger partial charge in [-0.15, -0.1) is 10.2 Å². The molecule has 2 aliphatic rings. The quantitative estimate of drug-likeness (QED) is 0.822. The fourth-order valence-electron chi connectivity index (χ4n) is 2.52. The molecular formula is C14H20N6OS. The number of fused-ring (bicyclic) bond motifs is 1.